The minimum absolute atomic E-state index is 0.0717. The summed E-state index contributed by atoms with van der Waals surface area (Å²) in [5.74, 6) is 0. The van der Waals surface area contributed by atoms with E-state index in [9.17, 15) is 9.59 Å². The molecule has 0 fully saturated rings. The van der Waals surface area contributed by atoms with Crippen LogP contribution < -0.4 is 11.2 Å². The Morgan fingerprint density at radius 3 is 2.62 bits per heavy atom. The fraction of sp³-hybridized carbons (Fsp3) is 0.333. The lowest BCUT2D eigenvalue weighted by Crippen LogP contribution is -2.35. The van der Waals surface area contributed by atoms with Crippen LogP contribution in [0.2, 0.25) is 5.15 Å². The van der Waals surface area contributed by atoms with Gasteiger partial charge in [0.2, 0.25) is 0 Å². The average Bonchev–Trinajstić information content (AvgIpc) is 2.42. The molecule has 0 aliphatic carbocycles. The van der Waals surface area contributed by atoms with Gasteiger partial charge in [-0.05, 0) is 25.6 Å². The van der Waals surface area contributed by atoms with Crippen LogP contribution in [0.25, 0.3) is 0 Å². The molecule has 0 unspecified atom stereocenters. The van der Waals surface area contributed by atoms with Crippen LogP contribution >= 0.6 is 11.6 Å². The lowest BCUT2D eigenvalue weighted by atomic mass is 10.2. The molecule has 0 saturated heterocycles. The molecular formula is C15H18ClN3O2. The van der Waals surface area contributed by atoms with Crippen molar-refractivity contribution in [2.24, 2.45) is 0 Å². The van der Waals surface area contributed by atoms with Crippen molar-refractivity contribution in [2.75, 3.05) is 13.6 Å². The summed E-state index contributed by atoms with van der Waals surface area (Å²) in [7, 11) is 2.02. The van der Waals surface area contributed by atoms with Gasteiger partial charge < -0.3 is 4.90 Å². The average molecular weight is 308 g/mol. The fourth-order valence-electron chi connectivity index (χ4n) is 2.18. The van der Waals surface area contributed by atoms with E-state index in [1.807, 2.05) is 25.2 Å². The summed E-state index contributed by atoms with van der Waals surface area (Å²) in [6, 6.07) is 11.4. The van der Waals surface area contributed by atoms with Gasteiger partial charge in [0.25, 0.3) is 5.56 Å². The molecule has 0 spiro atoms. The predicted octanol–water partition coefficient (Wildman–Crippen LogP) is 1.71. The number of H-pyrrole nitrogens is 1. The van der Waals surface area contributed by atoms with Crippen molar-refractivity contribution in [1.82, 2.24) is 14.5 Å². The van der Waals surface area contributed by atoms with Gasteiger partial charge in [0.15, 0.2) is 0 Å². The largest absolute Gasteiger partial charge is 0.329 e. The van der Waals surface area contributed by atoms with E-state index in [-0.39, 0.29) is 10.7 Å². The van der Waals surface area contributed by atoms with Gasteiger partial charge in [-0.15, -0.1) is 0 Å². The zero-order chi connectivity index (χ0) is 15.2. The van der Waals surface area contributed by atoms with Gasteiger partial charge >= 0.3 is 5.69 Å². The zero-order valence-corrected chi connectivity index (χ0v) is 12.6. The van der Waals surface area contributed by atoms with Crippen molar-refractivity contribution in [3.63, 3.8) is 0 Å². The van der Waals surface area contributed by atoms with Gasteiger partial charge in [0.1, 0.15) is 5.15 Å². The van der Waals surface area contributed by atoms with Crippen LogP contribution in [0.15, 0.2) is 46.0 Å². The first kappa shape index (κ1) is 15.5. The van der Waals surface area contributed by atoms with Gasteiger partial charge in [-0.3, -0.25) is 14.3 Å². The number of benzene rings is 1. The molecule has 112 valence electrons. The van der Waals surface area contributed by atoms with Crippen LogP contribution in [0.5, 0.6) is 0 Å². The van der Waals surface area contributed by atoms with Crippen LogP contribution in [0, 0.1) is 0 Å². The van der Waals surface area contributed by atoms with Crippen molar-refractivity contribution < 1.29 is 0 Å². The van der Waals surface area contributed by atoms with E-state index in [0.29, 0.717) is 13.0 Å². The number of halogens is 1. The summed E-state index contributed by atoms with van der Waals surface area (Å²) < 4.78 is 1.17. The maximum absolute atomic E-state index is 11.7. The molecule has 21 heavy (non-hydrogen) atoms. The number of hydrogen-bond donors (Lipinski definition) is 1. The van der Waals surface area contributed by atoms with E-state index in [4.69, 9.17) is 11.6 Å². The minimum Gasteiger partial charge on any atom is -0.302 e. The van der Waals surface area contributed by atoms with Gasteiger partial charge in [-0.1, -0.05) is 41.9 Å². The molecule has 0 bridgehead atoms. The third kappa shape index (κ3) is 4.58. The molecule has 0 aliphatic rings. The molecule has 0 atom stereocenters. The Bertz CT molecular complexity index is 663. The quantitative estimate of drug-likeness (QED) is 0.827. The van der Waals surface area contributed by atoms with Crippen molar-refractivity contribution in [3.8, 4) is 0 Å². The summed E-state index contributed by atoms with van der Waals surface area (Å²) in [5.41, 5.74) is 0.411. The van der Waals surface area contributed by atoms with Crippen LogP contribution in [0.1, 0.15) is 12.0 Å². The minimum atomic E-state index is -0.460. The zero-order valence-electron chi connectivity index (χ0n) is 11.9. The highest BCUT2D eigenvalue weighted by molar-refractivity contribution is 6.29. The first-order valence-electron chi connectivity index (χ1n) is 6.78. The molecular weight excluding hydrogens is 290 g/mol. The van der Waals surface area contributed by atoms with Gasteiger partial charge in [-0.2, -0.15) is 0 Å². The lowest BCUT2D eigenvalue weighted by molar-refractivity contribution is 0.312. The standard InChI is InChI=1S/C15H18ClN3O2/c1-18(11-12-6-3-2-4-7-12)8-5-9-19-14(20)10-13(16)17-15(19)21/h2-4,6-7,10H,5,8-9,11H2,1H3,(H,17,21). The van der Waals surface area contributed by atoms with Gasteiger partial charge in [0.05, 0.1) is 0 Å². The Hall–Kier alpha value is -1.85. The Kier molecular flexibility index (Phi) is 5.36. The van der Waals surface area contributed by atoms with Gasteiger partial charge in [-0.25, -0.2) is 4.79 Å². The molecule has 0 amide bonds. The summed E-state index contributed by atoms with van der Waals surface area (Å²) in [4.78, 5) is 27.9. The van der Waals surface area contributed by atoms with Crippen LogP contribution in [-0.2, 0) is 13.1 Å². The van der Waals surface area contributed by atoms with E-state index < -0.39 is 5.69 Å². The lowest BCUT2D eigenvalue weighted by Gasteiger charge is -2.16. The number of rotatable bonds is 6. The maximum atomic E-state index is 11.7. The molecule has 6 heteroatoms. The second-order valence-electron chi connectivity index (χ2n) is 4.99. The van der Waals surface area contributed by atoms with E-state index in [1.54, 1.807) is 0 Å². The summed E-state index contributed by atoms with van der Waals surface area (Å²) in [6.45, 7) is 2.01. The molecule has 0 saturated carbocycles. The van der Waals surface area contributed by atoms with E-state index >= 15 is 0 Å². The van der Waals surface area contributed by atoms with Crippen LogP contribution in [0.4, 0.5) is 0 Å². The second kappa shape index (κ2) is 7.24. The molecule has 2 aromatic rings. The highest BCUT2D eigenvalue weighted by atomic mass is 35.5. The molecule has 1 heterocycles. The first-order valence-corrected chi connectivity index (χ1v) is 7.16. The normalized spacial score (nSPS) is 11.0. The molecule has 1 aromatic carbocycles. The molecule has 1 N–H and O–H groups in total. The summed E-state index contributed by atoms with van der Waals surface area (Å²) in [5, 5.41) is 0.0717. The number of hydrogen-bond acceptors (Lipinski definition) is 3. The van der Waals surface area contributed by atoms with Crippen LogP contribution in [-0.4, -0.2) is 28.0 Å². The van der Waals surface area contributed by atoms with Crippen molar-refractivity contribution in [1.29, 1.82) is 0 Å². The van der Waals surface area contributed by atoms with E-state index in [1.165, 1.54) is 16.2 Å². The monoisotopic (exact) mass is 307 g/mol. The number of nitrogens with zero attached hydrogens (tertiary/aromatic N) is 2. The molecule has 1 aromatic heterocycles. The van der Waals surface area contributed by atoms with Crippen molar-refractivity contribution in [3.05, 3.63) is 68.0 Å². The fourth-order valence-corrected chi connectivity index (χ4v) is 2.35. The van der Waals surface area contributed by atoms with E-state index in [2.05, 4.69) is 22.0 Å². The summed E-state index contributed by atoms with van der Waals surface area (Å²) in [6.07, 6.45) is 0.716. The Morgan fingerprint density at radius 2 is 1.95 bits per heavy atom. The third-order valence-electron chi connectivity index (χ3n) is 3.20. The Morgan fingerprint density at radius 1 is 1.24 bits per heavy atom. The Labute approximate surface area is 127 Å². The molecule has 2 rings (SSSR count). The number of aromatic amines is 1. The van der Waals surface area contributed by atoms with E-state index in [0.717, 1.165) is 13.1 Å². The van der Waals surface area contributed by atoms with Gasteiger partial charge in [0, 0.05) is 19.2 Å². The smallest absolute Gasteiger partial charge is 0.302 e. The molecule has 0 radical (unpaired) electrons. The summed E-state index contributed by atoms with van der Waals surface area (Å²) >= 11 is 5.62. The van der Waals surface area contributed by atoms with Crippen LogP contribution in [0.3, 0.4) is 0 Å². The Balaban J connectivity index is 1.87. The van der Waals surface area contributed by atoms with Crippen molar-refractivity contribution >= 4 is 11.6 Å². The first-order chi connectivity index (χ1) is 10.1. The second-order valence-corrected chi connectivity index (χ2v) is 5.40. The number of aromatic nitrogens is 2. The number of nitrogens with one attached hydrogen (secondary N) is 1. The SMILES string of the molecule is CN(CCCn1c(=O)cc(Cl)[nH]c1=O)Cc1ccccc1. The molecule has 0 aliphatic heterocycles. The maximum Gasteiger partial charge on any atom is 0.329 e. The molecule has 5 nitrogen and oxygen atoms in total. The highest BCUT2D eigenvalue weighted by Crippen LogP contribution is 2.03. The van der Waals surface area contributed by atoms with Crippen molar-refractivity contribution in [2.45, 2.75) is 19.5 Å². The highest BCUT2D eigenvalue weighted by Gasteiger charge is 2.04. The topological polar surface area (TPSA) is 58.1 Å². The predicted molar refractivity (Wildman–Crippen MR) is 83.7 cm³/mol. The third-order valence-corrected chi connectivity index (χ3v) is 3.41.